The van der Waals surface area contributed by atoms with Gasteiger partial charge in [-0.15, -0.1) is 0 Å². The number of ether oxygens (including phenoxy) is 1. The first kappa shape index (κ1) is 37.2. The number of allylic oxidation sites excluding steroid dienone is 1. The lowest BCUT2D eigenvalue weighted by Gasteiger charge is -2.50. The van der Waals surface area contributed by atoms with Gasteiger partial charge in [-0.2, -0.15) is 0 Å². The summed E-state index contributed by atoms with van der Waals surface area (Å²) in [4.78, 5) is 70.7. The number of carbonyl (C=O) groups excluding carboxylic acids is 5. The van der Waals surface area contributed by atoms with Crippen molar-refractivity contribution in [1.29, 1.82) is 0 Å². The molecule has 1 aromatic rings. The number of carbonyl (C=O) groups is 5. The zero-order chi connectivity index (χ0) is 37.1. The number of nitrogens with zero attached hydrogens (tertiary/aromatic N) is 3. The molecule has 1 aromatic carbocycles. The second kappa shape index (κ2) is 13.0. The van der Waals surface area contributed by atoms with Gasteiger partial charge in [0.1, 0.15) is 23.6 Å². The summed E-state index contributed by atoms with van der Waals surface area (Å²) in [5, 5.41) is 48.5. The summed E-state index contributed by atoms with van der Waals surface area (Å²) in [6.45, 7) is 8.66. The number of phenolic OH excluding ortho intramolecular Hbond substituents is 1. The summed E-state index contributed by atoms with van der Waals surface area (Å²) in [6, 6.07) is 0.381. The van der Waals surface area contributed by atoms with Crippen LogP contribution >= 0.6 is 0 Å². The van der Waals surface area contributed by atoms with Crippen LogP contribution in [0.25, 0.3) is 0 Å². The molecule has 4 rings (SSSR count). The summed E-state index contributed by atoms with van der Waals surface area (Å²) in [7, 11) is 6.52. The summed E-state index contributed by atoms with van der Waals surface area (Å²) >= 11 is 0. The lowest BCUT2D eigenvalue weighted by molar-refractivity contribution is -0.148. The zero-order valence-electron chi connectivity index (χ0n) is 29.4. The van der Waals surface area contributed by atoms with E-state index >= 15 is 0 Å². The number of hydrogen-bond acceptors (Lipinski definition) is 12. The Morgan fingerprint density at radius 3 is 2.22 bits per heavy atom. The minimum absolute atomic E-state index is 0.0621. The van der Waals surface area contributed by atoms with Gasteiger partial charge in [0.25, 0.3) is 5.91 Å². The van der Waals surface area contributed by atoms with Gasteiger partial charge in [0.05, 0.1) is 23.9 Å². The van der Waals surface area contributed by atoms with Crippen LogP contribution in [0.2, 0.25) is 0 Å². The van der Waals surface area contributed by atoms with Crippen molar-refractivity contribution in [3.05, 3.63) is 39.9 Å². The molecular formula is C34H47N5O10. The number of Topliss-reactive ketones (excluding diaryl/α,β-unsaturated/α-hetero) is 2. The van der Waals surface area contributed by atoms with Crippen LogP contribution in [0.5, 0.6) is 5.75 Å². The van der Waals surface area contributed by atoms with Crippen LogP contribution in [0, 0.1) is 17.8 Å². The number of anilines is 2. The molecule has 0 bridgehead atoms. The van der Waals surface area contributed by atoms with E-state index in [1.165, 1.54) is 15.9 Å². The lowest BCUT2D eigenvalue weighted by atomic mass is 9.58. The number of benzene rings is 1. The first-order valence-corrected chi connectivity index (χ1v) is 16.0. The number of fused-ring (bicyclic) bond motifs is 3. The van der Waals surface area contributed by atoms with Gasteiger partial charge in [-0.1, -0.05) is 13.8 Å². The number of nitrogens with one attached hydrogen (secondary N) is 1. The molecule has 0 saturated carbocycles. The molecular weight excluding hydrogens is 638 g/mol. The van der Waals surface area contributed by atoms with Crippen molar-refractivity contribution in [3.63, 3.8) is 0 Å². The Kier molecular flexibility index (Phi) is 9.87. The molecule has 0 radical (unpaired) electrons. The molecule has 0 aromatic heterocycles. The van der Waals surface area contributed by atoms with Gasteiger partial charge in [0, 0.05) is 36.8 Å². The SMILES string of the molecule is CC(C)COC(=O)N(CC(=O)Nc1cc(N(C)C)c2c(c1O)C(=O)C1=C(O)[C@]3(O)C(=O)C(C(N)=O)=C(O)[C@@H](N(C)C)[C@@H]3C[C@@H]1C2)C(C)(C)C. The Balaban J connectivity index is 1.80. The van der Waals surface area contributed by atoms with E-state index in [0.29, 0.717) is 11.3 Å². The molecule has 0 heterocycles. The third kappa shape index (κ3) is 6.32. The Bertz CT molecular complexity index is 1670. The quantitative estimate of drug-likeness (QED) is 0.171. The van der Waals surface area contributed by atoms with Crippen LogP contribution in [0.4, 0.5) is 16.2 Å². The van der Waals surface area contributed by atoms with E-state index in [4.69, 9.17) is 10.5 Å². The normalized spacial score (nSPS) is 23.6. The smallest absolute Gasteiger partial charge is 0.410 e. The predicted molar refractivity (Wildman–Crippen MR) is 179 cm³/mol. The van der Waals surface area contributed by atoms with Gasteiger partial charge in [-0.3, -0.25) is 29.0 Å². The zero-order valence-corrected chi connectivity index (χ0v) is 29.4. The number of ketones is 2. The molecule has 3 aliphatic carbocycles. The van der Waals surface area contributed by atoms with E-state index in [2.05, 4.69) is 5.32 Å². The van der Waals surface area contributed by atoms with Crippen LogP contribution in [-0.4, -0.2) is 118 Å². The van der Waals surface area contributed by atoms with Gasteiger partial charge in [0.2, 0.25) is 11.7 Å². The van der Waals surface area contributed by atoms with Crippen LogP contribution in [-0.2, 0) is 25.5 Å². The summed E-state index contributed by atoms with van der Waals surface area (Å²) in [5.41, 5.74) is 1.04. The highest BCUT2D eigenvalue weighted by atomic mass is 16.6. The molecule has 0 spiro atoms. The second-order valence-electron chi connectivity index (χ2n) is 14.8. The molecule has 0 unspecified atom stereocenters. The second-order valence-corrected chi connectivity index (χ2v) is 14.8. The predicted octanol–water partition coefficient (Wildman–Crippen LogP) is 2.02. The van der Waals surface area contributed by atoms with Gasteiger partial charge < -0.3 is 41.1 Å². The molecule has 49 heavy (non-hydrogen) atoms. The van der Waals surface area contributed by atoms with Crippen LogP contribution < -0.4 is 16.0 Å². The molecule has 15 heteroatoms. The maximum absolute atomic E-state index is 14.3. The van der Waals surface area contributed by atoms with Crippen LogP contribution in [0.3, 0.4) is 0 Å². The van der Waals surface area contributed by atoms with E-state index in [1.54, 1.807) is 53.9 Å². The van der Waals surface area contributed by atoms with E-state index in [1.807, 2.05) is 13.8 Å². The third-order valence-corrected chi connectivity index (χ3v) is 9.33. The van der Waals surface area contributed by atoms with Crippen molar-refractivity contribution in [3.8, 4) is 5.75 Å². The Labute approximate surface area is 285 Å². The summed E-state index contributed by atoms with van der Waals surface area (Å²) in [5.74, 6) is -8.35. The maximum atomic E-state index is 14.3. The molecule has 3 amide bonds. The number of aliphatic hydroxyl groups excluding tert-OH is 2. The first-order chi connectivity index (χ1) is 22.5. The number of amides is 3. The summed E-state index contributed by atoms with van der Waals surface area (Å²) < 4.78 is 5.35. The number of likely N-dealkylation sites (N-methyl/N-ethyl adjacent to an activating group) is 1. The van der Waals surface area contributed by atoms with E-state index in [0.717, 1.165) is 0 Å². The summed E-state index contributed by atoms with van der Waals surface area (Å²) in [6.07, 6.45) is -0.690. The monoisotopic (exact) mass is 685 g/mol. The van der Waals surface area contributed by atoms with E-state index < -0.39 is 87.9 Å². The molecule has 3 aliphatic rings. The highest BCUT2D eigenvalue weighted by molar-refractivity contribution is 6.25. The number of aromatic hydroxyl groups is 1. The Hall–Kier alpha value is -4.63. The van der Waals surface area contributed by atoms with Crippen LogP contribution in [0.1, 0.15) is 57.0 Å². The van der Waals surface area contributed by atoms with E-state index in [-0.39, 0.29) is 42.2 Å². The number of aliphatic hydroxyl groups is 3. The van der Waals surface area contributed by atoms with Gasteiger partial charge in [0.15, 0.2) is 17.1 Å². The fourth-order valence-electron chi connectivity index (χ4n) is 7.02. The average Bonchev–Trinajstić information content (AvgIpc) is 2.96. The molecule has 268 valence electrons. The largest absolute Gasteiger partial charge is 0.510 e. The Morgan fingerprint density at radius 2 is 1.71 bits per heavy atom. The third-order valence-electron chi connectivity index (χ3n) is 9.33. The van der Waals surface area contributed by atoms with Crippen molar-refractivity contribution >= 4 is 40.8 Å². The van der Waals surface area contributed by atoms with Crippen molar-refractivity contribution in [1.82, 2.24) is 9.80 Å². The van der Waals surface area contributed by atoms with Crippen molar-refractivity contribution < 1.29 is 49.1 Å². The van der Waals surface area contributed by atoms with E-state index in [9.17, 15) is 44.4 Å². The number of phenols is 1. The number of rotatable bonds is 8. The molecule has 15 nitrogen and oxygen atoms in total. The molecule has 4 atom stereocenters. The Morgan fingerprint density at radius 1 is 1.10 bits per heavy atom. The van der Waals surface area contributed by atoms with Gasteiger partial charge in [-0.05, 0) is 71.2 Å². The minimum atomic E-state index is -2.78. The average molecular weight is 686 g/mol. The molecule has 7 N–H and O–H groups in total. The first-order valence-electron chi connectivity index (χ1n) is 16.0. The van der Waals surface area contributed by atoms with Crippen LogP contribution in [0.15, 0.2) is 28.7 Å². The highest BCUT2D eigenvalue weighted by Gasteiger charge is 2.63. The fourth-order valence-corrected chi connectivity index (χ4v) is 7.02. The fraction of sp³-hybridized carbons (Fsp3) is 0.559. The highest BCUT2D eigenvalue weighted by Crippen LogP contribution is 2.54. The van der Waals surface area contributed by atoms with Crippen molar-refractivity contribution in [2.75, 3.05) is 51.6 Å². The number of hydrogen-bond donors (Lipinski definition) is 6. The lowest BCUT2D eigenvalue weighted by Crippen LogP contribution is -2.63. The molecule has 0 saturated heterocycles. The minimum Gasteiger partial charge on any atom is -0.510 e. The van der Waals surface area contributed by atoms with Crippen molar-refractivity contribution in [2.45, 2.75) is 64.6 Å². The number of primary amides is 1. The number of nitrogens with two attached hydrogens (primary N) is 1. The topological polar surface area (TPSA) is 223 Å². The standard InChI is InChI=1S/C34H47N5O10/c1-15(2)14-49-32(47)39(33(3,4)5)13-21(40)36-19-12-20(37(6)7)17-10-16-11-18-25(38(8)9)28(43)24(31(35)46)30(45)34(18,48)29(44)22(16)27(42)23(17)26(19)41/h12,15-16,18,25,41,43-44,48H,10-11,13-14H2,1-9H3,(H2,35,46)(H,36,40)/t16-,18-,25-,34-/m0/s1. The molecule has 0 fully saturated rings. The van der Waals surface area contributed by atoms with Gasteiger partial charge in [-0.25, -0.2) is 4.79 Å². The molecule has 0 aliphatic heterocycles. The van der Waals surface area contributed by atoms with Gasteiger partial charge >= 0.3 is 6.09 Å². The maximum Gasteiger partial charge on any atom is 0.410 e. The van der Waals surface area contributed by atoms with Crippen molar-refractivity contribution in [2.24, 2.45) is 23.5 Å².